The third kappa shape index (κ3) is 3.58. The maximum absolute atomic E-state index is 5.20. The SMILES string of the molecule is CNC(Cc1cccc(C)c1)c1ccc(OC)cc1. The van der Waals surface area contributed by atoms with Crippen molar-refractivity contribution in [2.75, 3.05) is 14.2 Å². The Morgan fingerprint density at radius 2 is 1.84 bits per heavy atom. The number of ether oxygens (including phenoxy) is 1. The van der Waals surface area contributed by atoms with Crippen LogP contribution in [0.5, 0.6) is 5.75 Å². The van der Waals surface area contributed by atoms with E-state index in [1.807, 2.05) is 19.2 Å². The van der Waals surface area contributed by atoms with Crippen LogP contribution in [-0.4, -0.2) is 14.2 Å². The van der Waals surface area contributed by atoms with E-state index in [9.17, 15) is 0 Å². The van der Waals surface area contributed by atoms with Crippen molar-refractivity contribution in [3.05, 3.63) is 65.2 Å². The predicted octanol–water partition coefficient (Wildman–Crippen LogP) is 3.51. The Balaban J connectivity index is 2.15. The van der Waals surface area contributed by atoms with E-state index in [1.54, 1.807) is 7.11 Å². The van der Waals surface area contributed by atoms with Crippen LogP contribution in [0.3, 0.4) is 0 Å². The molecule has 100 valence electrons. The number of methoxy groups -OCH3 is 1. The molecule has 0 amide bonds. The summed E-state index contributed by atoms with van der Waals surface area (Å²) in [6, 6.07) is 17.3. The number of hydrogen-bond donors (Lipinski definition) is 1. The largest absolute Gasteiger partial charge is 0.497 e. The zero-order valence-electron chi connectivity index (χ0n) is 11.8. The molecule has 19 heavy (non-hydrogen) atoms. The number of hydrogen-bond acceptors (Lipinski definition) is 2. The number of likely N-dealkylation sites (N-methyl/N-ethyl adjacent to an activating group) is 1. The summed E-state index contributed by atoms with van der Waals surface area (Å²) in [6.07, 6.45) is 0.991. The third-order valence-corrected chi connectivity index (χ3v) is 3.39. The van der Waals surface area contributed by atoms with Gasteiger partial charge in [0.25, 0.3) is 0 Å². The van der Waals surface area contributed by atoms with Gasteiger partial charge >= 0.3 is 0 Å². The van der Waals surface area contributed by atoms with E-state index in [-0.39, 0.29) is 0 Å². The van der Waals surface area contributed by atoms with Crippen LogP contribution in [0.25, 0.3) is 0 Å². The second kappa shape index (κ2) is 6.39. The van der Waals surface area contributed by atoms with Gasteiger partial charge in [-0.05, 0) is 43.7 Å². The van der Waals surface area contributed by atoms with E-state index >= 15 is 0 Å². The van der Waals surface area contributed by atoms with Gasteiger partial charge in [0, 0.05) is 6.04 Å². The molecule has 1 unspecified atom stereocenters. The number of rotatable bonds is 5. The van der Waals surface area contributed by atoms with E-state index in [0.29, 0.717) is 6.04 Å². The quantitative estimate of drug-likeness (QED) is 0.883. The minimum absolute atomic E-state index is 0.327. The molecule has 0 saturated heterocycles. The van der Waals surface area contributed by atoms with Crippen LogP contribution >= 0.6 is 0 Å². The summed E-state index contributed by atoms with van der Waals surface area (Å²) in [5, 5.41) is 3.38. The first kappa shape index (κ1) is 13.6. The Hall–Kier alpha value is -1.80. The molecule has 2 aromatic rings. The molecule has 0 bridgehead atoms. The van der Waals surface area contributed by atoms with Crippen LogP contribution in [0.1, 0.15) is 22.7 Å². The van der Waals surface area contributed by atoms with Crippen LogP contribution in [0, 0.1) is 6.92 Å². The molecular formula is C17H21NO. The van der Waals surface area contributed by atoms with Gasteiger partial charge in [0.05, 0.1) is 7.11 Å². The first-order chi connectivity index (χ1) is 9.22. The van der Waals surface area contributed by atoms with Gasteiger partial charge in [-0.1, -0.05) is 42.0 Å². The highest BCUT2D eigenvalue weighted by atomic mass is 16.5. The summed E-state index contributed by atoms with van der Waals surface area (Å²) < 4.78 is 5.20. The van der Waals surface area contributed by atoms with E-state index < -0.39 is 0 Å². The summed E-state index contributed by atoms with van der Waals surface area (Å²) in [5.41, 5.74) is 3.95. The summed E-state index contributed by atoms with van der Waals surface area (Å²) in [4.78, 5) is 0. The lowest BCUT2D eigenvalue weighted by Gasteiger charge is -2.17. The van der Waals surface area contributed by atoms with Crippen molar-refractivity contribution in [1.29, 1.82) is 0 Å². The first-order valence-electron chi connectivity index (χ1n) is 6.59. The van der Waals surface area contributed by atoms with Crippen LogP contribution in [0.2, 0.25) is 0 Å². The molecule has 0 saturated carbocycles. The molecule has 0 heterocycles. The third-order valence-electron chi connectivity index (χ3n) is 3.39. The lowest BCUT2D eigenvalue weighted by Crippen LogP contribution is -2.18. The normalized spacial score (nSPS) is 12.2. The maximum atomic E-state index is 5.20. The van der Waals surface area contributed by atoms with Crippen molar-refractivity contribution in [2.24, 2.45) is 0 Å². The van der Waals surface area contributed by atoms with Gasteiger partial charge in [0.1, 0.15) is 5.75 Å². The second-order valence-electron chi connectivity index (χ2n) is 4.81. The Morgan fingerprint density at radius 3 is 2.42 bits per heavy atom. The second-order valence-corrected chi connectivity index (χ2v) is 4.81. The minimum atomic E-state index is 0.327. The van der Waals surface area contributed by atoms with Crippen LogP contribution in [0.15, 0.2) is 48.5 Å². The fourth-order valence-electron chi connectivity index (χ4n) is 2.30. The molecule has 0 spiro atoms. The molecular weight excluding hydrogens is 234 g/mol. The summed E-state index contributed by atoms with van der Waals surface area (Å²) in [7, 11) is 3.70. The zero-order chi connectivity index (χ0) is 13.7. The highest BCUT2D eigenvalue weighted by Gasteiger charge is 2.10. The predicted molar refractivity (Wildman–Crippen MR) is 79.7 cm³/mol. The molecule has 0 fully saturated rings. The van der Waals surface area contributed by atoms with Crippen LogP contribution in [-0.2, 0) is 6.42 Å². The molecule has 2 rings (SSSR count). The topological polar surface area (TPSA) is 21.3 Å². The smallest absolute Gasteiger partial charge is 0.118 e. The van der Waals surface area contributed by atoms with E-state index in [1.165, 1.54) is 16.7 Å². The Labute approximate surface area is 115 Å². The van der Waals surface area contributed by atoms with Crippen molar-refractivity contribution in [1.82, 2.24) is 5.32 Å². The Kier molecular flexibility index (Phi) is 4.58. The lowest BCUT2D eigenvalue weighted by molar-refractivity contribution is 0.414. The van der Waals surface area contributed by atoms with Crippen molar-refractivity contribution in [2.45, 2.75) is 19.4 Å². The Bertz CT molecular complexity index is 519. The van der Waals surface area contributed by atoms with Crippen LogP contribution in [0.4, 0.5) is 0 Å². The van der Waals surface area contributed by atoms with Gasteiger partial charge < -0.3 is 10.1 Å². The monoisotopic (exact) mass is 255 g/mol. The van der Waals surface area contributed by atoms with Gasteiger partial charge in [-0.25, -0.2) is 0 Å². The average molecular weight is 255 g/mol. The van der Waals surface area contributed by atoms with Gasteiger partial charge in [-0.3, -0.25) is 0 Å². The van der Waals surface area contributed by atoms with Gasteiger partial charge in [-0.2, -0.15) is 0 Å². The molecule has 2 aromatic carbocycles. The molecule has 0 aliphatic rings. The lowest BCUT2D eigenvalue weighted by atomic mass is 9.98. The average Bonchev–Trinajstić information content (AvgIpc) is 2.45. The molecule has 1 atom stereocenters. The molecule has 2 heteroatoms. The van der Waals surface area contributed by atoms with E-state index in [0.717, 1.165) is 12.2 Å². The maximum Gasteiger partial charge on any atom is 0.118 e. The van der Waals surface area contributed by atoms with E-state index in [2.05, 4.69) is 48.6 Å². The van der Waals surface area contributed by atoms with Gasteiger partial charge in [0.2, 0.25) is 0 Å². The zero-order valence-corrected chi connectivity index (χ0v) is 11.8. The standard InChI is InChI=1S/C17H21NO/c1-13-5-4-6-14(11-13)12-17(18-2)15-7-9-16(19-3)10-8-15/h4-11,17-18H,12H2,1-3H3. The molecule has 0 aliphatic carbocycles. The molecule has 1 N–H and O–H groups in total. The van der Waals surface area contributed by atoms with Crippen molar-refractivity contribution in [3.63, 3.8) is 0 Å². The van der Waals surface area contributed by atoms with Crippen molar-refractivity contribution >= 4 is 0 Å². The fourth-order valence-corrected chi connectivity index (χ4v) is 2.30. The number of nitrogens with one attached hydrogen (secondary N) is 1. The molecule has 0 aromatic heterocycles. The van der Waals surface area contributed by atoms with Gasteiger partial charge in [0.15, 0.2) is 0 Å². The summed E-state index contributed by atoms with van der Waals surface area (Å²) in [6.45, 7) is 2.13. The number of aryl methyl sites for hydroxylation is 1. The molecule has 0 aliphatic heterocycles. The highest BCUT2D eigenvalue weighted by molar-refractivity contribution is 5.31. The fraction of sp³-hybridized carbons (Fsp3) is 0.294. The highest BCUT2D eigenvalue weighted by Crippen LogP contribution is 2.21. The summed E-state index contributed by atoms with van der Waals surface area (Å²) in [5.74, 6) is 0.897. The van der Waals surface area contributed by atoms with Gasteiger partial charge in [-0.15, -0.1) is 0 Å². The van der Waals surface area contributed by atoms with Crippen LogP contribution < -0.4 is 10.1 Å². The minimum Gasteiger partial charge on any atom is -0.497 e. The Morgan fingerprint density at radius 1 is 1.11 bits per heavy atom. The molecule has 0 radical (unpaired) electrons. The van der Waals surface area contributed by atoms with Crippen molar-refractivity contribution < 1.29 is 4.74 Å². The van der Waals surface area contributed by atoms with Crippen molar-refractivity contribution in [3.8, 4) is 5.75 Å². The first-order valence-corrected chi connectivity index (χ1v) is 6.59. The number of benzene rings is 2. The summed E-state index contributed by atoms with van der Waals surface area (Å²) >= 11 is 0. The van der Waals surface area contributed by atoms with E-state index in [4.69, 9.17) is 4.74 Å². The molecule has 2 nitrogen and oxygen atoms in total.